The molecular formula is C13H14F3N3O. The Hall–Kier alpha value is -2.02. The zero-order chi connectivity index (χ0) is 14.9. The number of methoxy groups -OCH3 is 1. The third kappa shape index (κ3) is 2.24. The van der Waals surface area contributed by atoms with Gasteiger partial charge in [0.05, 0.1) is 19.3 Å². The van der Waals surface area contributed by atoms with Crippen LogP contribution in [0.3, 0.4) is 0 Å². The second-order valence-corrected chi connectivity index (χ2v) is 4.21. The van der Waals surface area contributed by atoms with Gasteiger partial charge >= 0.3 is 0 Å². The van der Waals surface area contributed by atoms with Gasteiger partial charge in [-0.1, -0.05) is 6.07 Å². The Morgan fingerprint density at radius 2 is 1.95 bits per heavy atom. The molecule has 1 aromatic carbocycles. The van der Waals surface area contributed by atoms with Crippen LogP contribution in [-0.2, 0) is 7.05 Å². The van der Waals surface area contributed by atoms with Crippen molar-refractivity contribution < 1.29 is 17.9 Å². The quantitative estimate of drug-likeness (QED) is 0.875. The summed E-state index contributed by atoms with van der Waals surface area (Å²) < 4.78 is 47.0. The molecule has 1 unspecified atom stereocenters. The van der Waals surface area contributed by atoms with Crippen molar-refractivity contribution in [2.24, 2.45) is 7.05 Å². The molecule has 0 saturated heterocycles. The number of aromatic nitrogens is 2. The van der Waals surface area contributed by atoms with E-state index in [1.165, 1.54) is 24.1 Å². The summed E-state index contributed by atoms with van der Waals surface area (Å²) in [7, 11) is 4.69. The van der Waals surface area contributed by atoms with Gasteiger partial charge < -0.3 is 10.1 Å². The minimum Gasteiger partial charge on any atom is -0.493 e. The van der Waals surface area contributed by atoms with E-state index in [-0.39, 0.29) is 5.56 Å². The minimum atomic E-state index is -1.50. The Kier molecular flexibility index (Phi) is 3.99. The lowest BCUT2D eigenvalue weighted by molar-refractivity contribution is 0.398. The van der Waals surface area contributed by atoms with Gasteiger partial charge in [-0.3, -0.25) is 4.68 Å². The van der Waals surface area contributed by atoms with E-state index in [1.807, 2.05) is 0 Å². The molecule has 2 aromatic rings. The van der Waals surface area contributed by atoms with Crippen molar-refractivity contribution in [3.05, 3.63) is 47.0 Å². The number of benzene rings is 1. The topological polar surface area (TPSA) is 39.1 Å². The molecule has 0 radical (unpaired) electrons. The number of nitrogens with one attached hydrogen (secondary N) is 1. The molecule has 7 heteroatoms. The van der Waals surface area contributed by atoms with Crippen LogP contribution in [0.2, 0.25) is 0 Å². The molecule has 0 amide bonds. The molecule has 0 spiro atoms. The first-order chi connectivity index (χ1) is 9.51. The van der Waals surface area contributed by atoms with Crippen LogP contribution in [0.4, 0.5) is 13.2 Å². The summed E-state index contributed by atoms with van der Waals surface area (Å²) in [6.07, 6.45) is 1.47. The first-order valence-corrected chi connectivity index (χ1v) is 5.87. The summed E-state index contributed by atoms with van der Waals surface area (Å²) in [5.74, 6) is -3.52. The van der Waals surface area contributed by atoms with Crippen molar-refractivity contribution >= 4 is 0 Å². The van der Waals surface area contributed by atoms with E-state index in [4.69, 9.17) is 4.74 Å². The summed E-state index contributed by atoms with van der Waals surface area (Å²) in [6, 6.07) is 1.37. The van der Waals surface area contributed by atoms with E-state index in [1.54, 1.807) is 14.1 Å². The van der Waals surface area contributed by atoms with Crippen LogP contribution in [0, 0.1) is 17.5 Å². The Balaban J connectivity index is 2.58. The molecule has 0 aliphatic carbocycles. The maximum Gasteiger partial charge on any atom is 0.194 e. The number of halogens is 3. The molecule has 0 fully saturated rings. The van der Waals surface area contributed by atoms with Crippen molar-refractivity contribution in [3.8, 4) is 5.75 Å². The minimum absolute atomic E-state index is 0.0201. The average Bonchev–Trinajstić information content (AvgIpc) is 2.81. The Labute approximate surface area is 114 Å². The number of aryl methyl sites for hydroxylation is 1. The molecule has 0 bridgehead atoms. The molecule has 1 heterocycles. The van der Waals surface area contributed by atoms with Gasteiger partial charge in [-0.15, -0.1) is 0 Å². The number of hydrogen-bond acceptors (Lipinski definition) is 3. The Morgan fingerprint density at radius 1 is 1.25 bits per heavy atom. The van der Waals surface area contributed by atoms with Crippen molar-refractivity contribution in [1.29, 1.82) is 0 Å². The fourth-order valence-corrected chi connectivity index (χ4v) is 2.12. The van der Waals surface area contributed by atoms with Gasteiger partial charge in [0.25, 0.3) is 0 Å². The van der Waals surface area contributed by atoms with Crippen molar-refractivity contribution in [2.75, 3.05) is 14.2 Å². The van der Waals surface area contributed by atoms with Gasteiger partial charge in [-0.2, -0.15) is 5.10 Å². The maximum atomic E-state index is 13.9. The molecule has 0 aliphatic heterocycles. The highest BCUT2D eigenvalue weighted by Crippen LogP contribution is 2.31. The van der Waals surface area contributed by atoms with Crippen LogP contribution in [0.25, 0.3) is 0 Å². The van der Waals surface area contributed by atoms with Gasteiger partial charge in [-0.25, -0.2) is 13.2 Å². The molecule has 1 atom stereocenters. The molecule has 2 rings (SSSR count). The van der Waals surface area contributed by atoms with Gasteiger partial charge in [0.15, 0.2) is 23.2 Å². The summed E-state index contributed by atoms with van der Waals surface area (Å²) in [5.41, 5.74) is 0.494. The predicted octanol–water partition coefficient (Wildman–Crippen LogP) is 2.15. The maximum absolute atomic E-state index is 13.9. The second kappa shape index (κ2) is 5.54. The highest BCUT2D eigenvalue weighted by molar-refractivity contribution is 5.37. The van der Waals surface area contributed by atoms with E-state index >= 15 is 0 Å². The Morgan fingerprint density at radius 3 is 2.55 bits per heavy atom. The molecular weight excluding hydrogens is 271 g/mol. The summed E-state index contributed by atoms with van der Waals surface area (Å²) in [5, 5.41) is 6.87. The van der Waals surface area contributed by atoms with Crippen LogP contribution in [0.15, 0.2) is 18.3 Å². The zero-order valence-electron chi connectivity index (χ0n) is 11.2. The smallest absolute Gasteiger partial charge is 0.194 e. The van der Waals surface area contributed by atoms with Crippen LogP contribution in [0.1, 0.15) is 17.3 Å². The second-order valence-electron chi connectivity index (χ2n) is 4.21. The van der Waals surface area contributed by atoms with Gasteiger partial charge in [0.1, 0.15) is 5.69 Å². The van der Waals surface area contributed by atoms with Crippen LogP contribution in [0.5, 0.6) is 5.75 Å². The fourth-order valence-electron chi connectivity index (χ4n) is 2.12. The highest BCUT2D eigenvalue weighted by atomic mass is 19.2. The first kappa shape index (κ1) is 14.4. The van der Waals surface area contributed by atoms with E-state index < -0.39 is 23.5 Å². The standard InChI is InChI=1S/C13H14F3N3O/c1-17-12(13-9(20-3)6-18-19(13)2)7-4-5-8(14)11(16)10(7)15/h4-6,12,17H,1-3H3. The molecule has 0 saturated carbocycles. The molecule has 4 nitrogen and oxygen atoms in total. The van der Waals surface area contributed by atoms with Crippen LogP contribution in [-0.4, -0.2) is 23.9 Å². The lowest BCUT2D eigenvalue weighted by atomic mass is 10.0. The van der Waals surface area contributed by atoms with Gasteiger partial charge in [0, 0.05) is 12.6 Å². The largest absolute Gasteiger partial charge is 0.493 e. The summed E-state index contributed by atoms with van der Waals surface area (Å²) >= 11 is 0. The van der Waals surface area contributed by atoms with E-state index in [0.29, 0.717) is 11.4 Å². The third-order valence-corrected chi connectivity index (χ3v) is 3.11. The van der Waals surface area contributed by atoms with Crippen LogP contribution >= 0.6 is 0 Å². The number of ether oxygens (including phenoxy) is 1. The molecule has 108 valence electrons. The highest BCUT2D eigenvalue weighted by Gasteiger charge is 2.26. The SMILES string of the molecule is CNC(c1ccc(F)c(F)c1F)c1c(OC)cnn1C. The van der Waals surface area contributed by atoms with E-state index in [0.717, 1.165) is 6.07 Å². The van der Waals surface area contributed by atoms with Crippen molar-refractivity contribution in [1.82, 2.24) is 15.1 Å². The average molecular weight is 285 g/mol. The lowest BCUT2D eigenvalue weighted by Gasteiger charge is -2.19. The molecule has 1 aromatic heterocycles. The normalized spacial score (nSPS) is 12.5. The van der Waals surface area contributed by atoms with E-state index in [2.05, 4.69) is 10.4 Å². The predicted molar refractivity (Wildman–Crippen MR) is 67.0 cm³/mol. The molecule has 0 aliphatic rings. The van der Waals surface area contributed by atoms with Crippen molar-refractivity contribution in [2.45, 2.75) is 6.04 Å². The first-order valence-electron chi connectivity index (χ1n) is 5.87. The third-order valence-electron chi connectivity index (χ3n) is 3.11. The fraction of sp³-hybridized carbons (Fsp3) is 0.308. The summed E-state index contributed by atoms with van der Waals surface area (Å²) in [4.78, 5) is 0. The summed E-state index contributed by atoms with van der Waals surface area (Å²) in [6.45, 7) is 0. The molecule has 20 heavy (non-hydrogen) atoms. The van der Waals surface area contributed by atoms with Crippen molar-refractivity contribution in [3.63, 3.8) is 0 Å². The number of hydrogen-bond donors (Lipinski definition) is 1. The number of nitrogens with zero attached hydrogens (tertiary/aromatic N) is 2. The lowest BCUT2D eigenvalue weighted by Crippen LogP contribution is -2.23. The van der Waals surface area contributed by atoms with Crippen LogP contribution < -0.4 is 10.1 Å². The van der Waals surface area contributed by atoms with Gasteiger partial charge in [-0.05, 0) is 13.1 Å². The number of rotatable bonds is 4. The van der Waals surface area contributed by atoms with Gasteiger partial charge in [0.2, 0.25) is 0 Å². The zero-order valence-corrected chi connectivity index (χ0v) is 11.2. The molecule has 1 N–H and O–H groups in total. The Bertz CT molecular complexity index is 628. The monoisotopic (exact) mass is 285 g/mol. The van der Waals surface area contributed by atoms with E-state index in [9.17, 15) is 13.2 Å².